The van der Waals surface area contributed by atoms with Gasteiger partial charge in [0.25, 0.3) is 0 Å². The van der Waals surface area contributed by atoms with E-state index in [0.717, 1.165) is 18.2 Å². The summed E-state index contributed by atoms with van der Waals surface area (Å²) in [6.45, 7) is 0. The van der Waals surface area contributed by atoms with Crippen LogP contribution in [0.1, 0.15) is 11.1 Å². The first-order chi connectivity index (χ1) is 13.4. The summed E-state index contributed by atoms with van der Waals surface area (Å²) in [5.41, 5.74) is -0.176. The molecule has 0 fully saturated rings. The van der Waals surface area contributed by atoms with Gasteiger partial charge in [0.1, 0.15) is 5.56 Å². The molecular formula is C20H12N2O6. The Balaban J connectivity index is 2.27. The Hall–Kier alpha value is -4.38. The molecule has 0 amide bonds. The predicted octanol–water partition coefficient (Wildman–Crippen LogP) is 3.98. The van der Waals surface area contributed by atoms with Gasteiger partial charge in [-0.1, -0.05) is 36.1 Å². The normalized spacial score (nSPS) is 10.0. The minimum atomic E-state index is -0.761. The van der Waals surface area contributed by atoms with Crippen LogP contribution in [0.2, 0.25) is 0 Å². The third kappa shape index (κ3) is 3.59. The van der Waals surface area contributed by atoms with Gasteiger partial charge in [0.05, 0.1) is 9.85 Å². The van der Waals surface area contributed by atoms with E-state index in [1.165, 1.54) is 12.1 Å². The molecule has 8 nitrogen and oxygen atoms in total. The van der Waals surface area contributed by atoms with Gasteiger partial charge in [-0.15, -0.1) is 0 Å². The molecule has 0 atom stereocenters. The van der Waals surface area contributed by atoms with Crippen molar-refractivity contribution in [3.8, 4) is 34.5 Å². The van der Waals surface area contributed by atoms with Crippen molar-refractivity contribution in [1.29, 1.82) is 0 Å². The average Bonchev–Trinajstić information content (AvgIpc) is 2.67. The summed E-state index contributed by atoms with van der Waals surface area (Å²) in [7, 11) is 0. The number of rotatable bonds is 3. The zero-order valence-electron chi connectivity index (χ0n) is 14.2. The molecule has 0 aromatic heterocycles. The van der Waals surface area contributed by atoms with E-state index in [2.05, 4.69) is 11.8 Å². The summed E-state index contributed by atoms with van der Waals surface area (Å²) < 4.78 is 0. The number of phenolic OH excluding ortho intramolecular Hbond substituents is 2. The maximum absolute atomic E-state index is 11.5. The molecule has 3 aromatic rings. The highest BCUT2D eigenvalue weighted by Gasteiger charge is 2.24. The lowest BCUT2D eigenvalue weighted by atomic mass is 9.97. The quantitative estimate of drug-likeness (QED) is 0.404. The van der Waals surface area contributed by atoms with E-state index in [0.29, 0.717) is 5.56 Å². The third-order valence-electron chi connectivity index (χ3n) is 3.93. The molecule has 28 heavy (non-hydrogen) atoms. The van der Waals surface area contributed by atoms with Gasteiger partial charge in [0, 0.05) is 17.2 Å². The summed E-state index contributed by atoms with van der Waals surface area (Å²) in [5.74, 6) is 4.39. The van der Waals surface area contributed by atoms with E-state index < -0.39 is 32.7 Å². The topological polar surface area (TPSA) is 127 Å². The monoisotopic (exact) mass is 376 g/mol. The Morgan fingerprint density at radius 1 is 0.786 bits per heavy atom. The van der Waals surface area contributed by atoms with Crippen LogP contribution in [0, 0.1) is 32.1 Å². The smallest absolute Gasteiger partial charge is 0.326 e. The zero-order valence-corrected chi connectivity index (χ0v) is 14.2. The highest BCUT2D eigenvalue weighted by molar-refractivity contribution is 5.80. The molecule has 0 bridgehead atoms. The van der Waals surface area contributed by atoms with Crippen molar-refractivity contribution in [1.82, 2.24) is 0 Å². The highest BCUT2D eigenvalue weighted by Crippen LogP contribution is 2.39. The summed E-state index contributed by atoms with van der Waals surface area (Å²) in [5, 5.41) is 42.2. The maximum Gasteiger partial charge on any atom is 0.326 e. The summed E-state index contributed by atoms with van der Waals surface area (Å²) in [6, 6.07) is 14.8. The second kappa shape index (κ2) is 7.47. The Labute approximate surface area is 158 Å². The highest BCUT2D eigenvalue weighted by atomic mass is 16.6. The predicted molar refractivity (Wildman–Crippen MR) is 101 cm³/mol. The van der Waals surface area contributed by atoms with Crippen molar-refractivity contribution in [2.24, 2.45) is 0 Å². The Kier molecular flexibility index (Phi) is 4.91. The van der Waals surface area contributed by atoms with Crippen LogP contribution in [-0.4, -0.2) is 20.1 Å². The van der Waals surface area contributed by atoms with Crippen LogP contribution in [-0.2, 0) is 0 Å². The number of nitro benzene ring substituents is 2. The molecule has 0 aliphatic rings. The number of benzene rings is 3. The van der Waals surface area contributed by atoms with Gasteiger partial charge in [0.15, 0.2) is 11.5 Å². The number of hydrogen-bond donors (Lipinski definition) is 2. The molecule has 0 aliphatic heterocycles. The fraction of sp³-hybridized carbons (Fsp3) is 0. The van der Waals surface area contributed by atoms with Gasteiger partial charge in [0.2, 0.25) is 0 Å². The van der Waals surface area contributed by atoms with Gasteiger partial charge >= 0.3 is 11.4 Å². The van der Waals surface area contributed by atoms with Crippen LogP contribution in [0.4, 0.5) is 11.4 Å². The van der Waals surface area contributed by atoms with Gasteiger partial charge in [-0.3, -0.25) is 20.2 Å². The van der Waals surface area contributed by atoms with Crippen molar-refractivity contribution in [2.45, 2.75) is 0 Å². The van der Waals surface area contributed by atoms with Crippen molar-refractivity contribution in [3.05, 3.63) is 92.0 Å². The molecule has 0 aliphatic carbocycles. The molecule has 8 heteroatoms. The SMILES string of the molecule is O=[N+]([O-])c1cc(-c2ccc(O)c([N+](=O)[O-])c2C#Cc2ccccc2)ccc1O. The summed E-state index contributed by atoms with van der Waals surface area (Å²) in [6.07, 6.45) is 0. The Bertz CT molecular complexity index is 1150. The first kappa shape index (κ1) is 18.4. The van der Waals surface area contributed by atoms with Crippen LogP contribution in [0.3, 0.4) is 0 Å². The zero-order chi connectivity index (χ0) is 20.3. The molecule has 0 saturated heterocycles. The fourth-order valence-corrected chi connectivity index (χ4v) is 2.63. The van der Waals surface area contributed by atoms with Gasteiger partial charge < -0.3 is 10.2 Å². The molecule has 0 saturated carbocycles. The molecule has 3 rings (SSSR count). The van der Waals surface area contributed by atoms with E-state index in [1.807, 2.05) is 0 Å². The standard InChI is InChI=1S/C20H12N2O6/c23-18-10-7-14(12-17(18)21(25)26)15-9-11-19(24)20(22(27)28)16(15)8-6-13-4-2-1-3-5-13/h1-5,7,9-12,23-24H. The molecule has 0 spiro atoms. The minimum Gasteiger partial charge on any atom is -0.502 e. The summed E-state index contributed by atoms with van der Waals surface area (Å²) >= 11 is 0. The first-order valence-corrected chi connectivity index (χ1v) is 7.93. The lowest BCUT2D eigenvalue weighted by molar-refractivity contribution is -0.386. The van der Waals surface area contributed by atoms with E-state index in [9.17, 15) is 30.4 Å². The van der Waals surface area contributed by atoms with Crippen LogP contribution < -0.4 is 0 Å². The van der Waals surface area contributed by atoms with E-state index >= 15 is 0 Å². The van der Waals surface area contributed by atoms with Crippen molar-refractivity contribution in [3.63, 3.8) is 0 Å². The first-order valence-electron chi connectivity index (χ1n) is 7.93. The van der Waals surface area contributed by atoms with Crippen LogP contribution in [0.5, 0.6) is 11.5 Å². The fourth-order valence-electron chi connectivity index (χ4n) is 2.63. The number of hydrogen-bond acceptors (Lipinski definition) is 6. The third-order valence-corrected chi connectivity index (χ3v) is 3.93. The molecule has 0 unspecified atom stereocenters. The molecule has 0 heterocycles. The van der Waals surface area contributed by atoms with Crippen molar-refractivity contribution < 1.29 is 20.1 Å². The number of nitrogens with zero attached hydrogens (tertiary/aromatic N) is 2. The molecule has 0 radical (unpaired) electrons. The molecule has 138 valence electrons. The van der Waals surface area contributed by atoms with Gasteiger partial charge in [-0.2, -0.15) is 0 Å². The van der Waals surface area contributed by atoms with Crippen LogP contribution in [0.15, 0.2) is 60.7 Å². The van der Waals surface area contributed by atoms with Crippen LogP contribution >= 0.6 is 0 Å². The second-order valence-electron chi connectivity index (χ2n) is 5.69. The van der Waals surface area contributed by atoms with Crippen molar-refractivity contribution in [2.75, 3.05) is 0 Å². The number of aromatic hydroxyl groups is 2. The molecule has 2 N–H and O–H groups in total. The Morgan fingerprint density at radius 2 is 1.46 bits per heavy atom. The van der Waals surface area contributed by atoms with E-state index in [1.54, 1.807) is 30.3 Å². The van der Waals surface area contributed by atoms with Gasteiger partial charge in [-0.05, 0) is 35.9 Å². The molecule has 3 aromatic carbocycles. The lowest BCUT2D eigenvalue weighted by Crippen LogP contribution is -1.97. The van der Waals surface area contributed by atoms with E-state index in [4.69, 9.17) is 0 Å². The number of phenols is 2. The lowest BCUT2D eigenvalue weighted by Gasteiger charge is -2.08. The van der Waals surface area contributed by atoms with Gasteiger partial charge in [-0.25, -0.2) is 0 Å². The van der Waals surface area contributed by atoms with E-state index in [-0.39, 0.29) is 16.7 Å². The summed E-state index contributed by atoms with van der Waals surface area (Å²) in [4.78, 5) is 21.1. The molecular weight excluding hydrogens is 364 g/mol. The largest absolute Gasteiger partial charge is 0.502 e. The van der Waals surface area contributed by atoms with Crippen LogP contribution in [0.25, 0.3) is 11.1 Å². The minimum absolute atomic E-state index is 0.0890. The Morgan fingerprint density at radius 3 is 2.11 bits per heavy atom. The average molecular weight is 376 g/mol. The maximum atomic E-state index is 11.5. The number of nitro groups is 2. The van der Waals surface area contributed by atoms with Crippen molar-refractivity contribution >= 4 is 11.4 Å². The second-order valence-corrected chi connectivity index (χ2v) is 5.69.